The maximum absolute atomic E-state index is 12.4. The van der Waals surface area contributed by atoms with Crippen molar-refractivity contribution >= 4 is 40.1 Å². The lowest BCUT2D eigenvalue weighted by atomic mass is 10.1. The molecule has 2 fully saturated rings. The number of amides is 2. The normalized spacial score (nSPS) is 21.7. The van der Waals surface area contributed by atoms with Crippen LogP contribution in [-0.2, 0) is 9.59 Å². The van der Waals surface area contributed by atoms with Gasteiger partial charge < -0.3 is 10.2 Å². The summed E-state index contributed by atoms with van der Waals surface area (Å²) in [7, 11) is 0. The van der Waals surface area contributed by atoms with Crippen LogP contribution >= 0.6 is 22.6 Å². The van der Waals surface area contributed by atoms with E-state index in [9.17, 15) is 9.59 Å². The van der Waals surface area contributed by atoms with Gasteiger partial charge in [-0.2, -0.15) is 0 Å². The molecule has 1 heterocycles. The molecule has 2 amide bonds. The van der Waals surface area contributed by atoms with Gasteiger partial charge in [-0.05, 0) is 72.0 Å². The van der Waals surface area contributed by atoms with Gasteiger partial charge in [-0.3, -0.25) is 9.59 Å². The number of carbonyl (C=O) groups excluding carboxylic acids is 2. The fourth-order valence-electron chi connectivity index (χ4n) is 2.74. The Kier molecular flexibility index (Phi) is 4.19. The number of carbonyl (C=O) groups is 2. The number of hydrogen-bond acceptors (Lipinski definition) is 2. The zero-order valence-electron chi connectivity index (χ0n) is 12.1. The van der Waals surface area contributed by atoms with Crippen molar-refractivity contribution in [3.63, 3.8) is 0 Å². The third-order valence-electron chi connectivity index (χ3n) is 4.21. The molecule has 1 saturated carbocycles. The van der Waals surface area contributed by atoms with Gasteiger partial charge in [-0.25, -0.2) is 0 Å². The second-order valence-corrected chi connectivity index (χ2v) is 7.34. The Labute approximate surface area is 138 Å². The Morgan fingerprint density at radius 1 is 1.43 bits per heavy atom. The quantitative estimate of drug-likeness (QED) is 0.794. The highest BCUT2D eigenvalue weighted by molar-refractivity contribution is 14.1. The SMILES string of the molecule is Cc1cc(I)ccc1NC(=O)[C@@H]1CC(=O)N(CC2CC2)C1. The summed E-state index contributed by atoms with van der Waals surface area (Å²) in [6.07, 6.45) is 2.80. The number of halogens is 1. The van der Waals surface area contributed by atoms with Gasteiger partial charge >= 0.3 is 0 Å². The van der Waals surface area contributed by atoms with Crippen LogP contribution in [0, 0.1) is 22.3 Å². The van der Waals surface area contributed by atoms with Crippen molar-refractivity contribution in [3.05, 3.63) is 27.3 Å². The van der Waals surface area contributed by atoms with E-state index < -0.39 is 0 Å². The molecule has 1 aliphatic carbocycles. The van der Waals surface area contributed by atoms with Crippen LogP contribution in [0.5, 0.6) is 0 Å². The van der Waals surface area contributed by atoms with Gasteiger partial charge in [-0.1, -0.05) is 0 Å². The highest BCUT2D eigenvalue weighted by Gasteiger charge is 2.37. The lowest BCUT2D eigenvalue weighted by molar-refractivity contribution is -0.128. The average Bonchev–Trinajstić information content (AvgIpc) is 3.16. The standard InChI is InChI=1S/C16H19IN2O2/c1-10-6-13(17)4-5-14(10)18-16(21)12-7-15(20)19(9-12)8-11-2-3-11/h4-6,11-12H,2-3,7-9H2,1H3,(H,18,21)/t12-/m1/s1. The van der Waals surface area contributed by atoms with E-state index in [2.05, 4.69) is 27.9 Å². The molecular weight excluding hydrogens is 379 g/mol. The number of hydrogen-bond donors (Lipinski definition) is 1. The van der Waals surface area contributed by atoms with Gasteiger partial charge in [0.1, 0.15) is 0 Å². The second kappa shape index (κ2) is 5.94. The van der Waals surface area contributed by atoms with Gasteiger partial charge in [0.25, 0.3) is 0 Å². The van der Waals surface area contributed by atoms with Crippen LogP contribution in [-0.4, -0.2) is 29.8 Å². The molecule has 5 heteroatoms. The molecule has 2 aliphatic rings. The fourth-order valence-corrected chi connectivity index (χ4v) is 3.39. The van der Waals surface area contributed by atoms with Crippen molar-refractivity contribution in [3.8, 4) is 0 Å². The fraction of sp³-hybridized carbons (Fsp3) is 0.500. The first-order valence-electron chi connectivity index (χ1n) is 7.37. The van der Waals surface area contributed by atoms with E-state index in [1.54, 1.807) is 0 Å². The lowest BCUT2D eigenvalue weighted by Crippen LogP contribution is -2.30. The van der Waals surface area contributed by atoms with Crippen LogP contribution in [0.1, 0.15) is 24.8 Å². The maximum Gasteiger partial charge on any atom is 0.229 e. The van der Waals surface area contributed by atoms with Gasteiger partial charge in [0.15, 0.2) is 0 Å². The third kappa shape index (κ3) is 3.56. The third-order valence-corrected chi connectivity index (χ3v) is 4.88. The second-order valence-electron chi connectivity index (χ2n) is 6.09. The van der Waals surface area contributed by atoms with Crippen LogP contribution in [0.25, 0.3) is 0 Å². The molecule has 4 nitrogen and oxygen atoms in total. The van der Waals surface area contributed by atoms with E-state index in [1.165, 1.54) is 12.8 Å². The molecule has 0 bridgehead atoms. The smallest absolute Gasteiger partial charge is 0.229 e. The zero-order chi connectivity index (χ0) is 15.0. The predicted molar refractivity (Wildman–Crippen MR) is 89.9 cm³/mol. The summed E-state index contributed by atoms with van der Waals surface area (Å²) in [5.41, 5.74) is 1.89. The van der Waals surface area contributed by atoms with Crippen LogP contribution in [0.3, 0.4) is 0 Å². The van der Waals surface area contributed by atoms with Crippen LogP contribution < -0.4 is 5.32 Å². The highest BCUT2D eigenvalue weighted by atomic mass is 127. The van der Waals surface area contributed by atoms with Crippen molar-refractivity contribution < 1.29 is 9.59 Å². The van der Waals surface area contributed by atoms with Crippen LogP contribution in [0.2, 0.25) is 0 Å². The molecule has 0 aromatic heterocycles. The summed E-state index contributed by atoms with van der Waals surface area (Å²) in [6, 6.07) is 5.94. The molecule has 1 N–H and O–H groups in total. The molecule has 1 saturated heterocycles. The number of aryl methyl sites for hydroxylation is 1. The van der Waals surface area contributed by atoms with E-state index in [0.717, 1.165) is 21.4 Å². The Hall–Kier alpha value is -1.11. The molecule has 1 aromatic carbocycles. The van der Waals surface area contributed by atoms with Crippen molar-refractivity contribution in [2.24, 2.45) is 11.8 Å². The van der Waals surface area contributed by atoms with Crippen molar-refractivity contribution in [2.45, 2.75) is 26.2 Å². The Morgan fingerprint density at radius 3 is 2.86 bits per heavy atom. The minimum Gasteiger partial charge on any atom is -0.342 e. The zero-order valence-corrected chi connectivity index (χ0v) is 14.2. The number of benzene rings is 1. The summed E-state index contributed by atoms with van der Waals surface area (Å²) < 4.78 is 1.15. The molecule has 0 unspecified atom stereocenters. The first kappa shape index (κ1) is 14.8. The van der Waals surface area contributed by atoms with Crippen molar-refractivity contribution in [1.29, 1.82) is 0 Å². The lowest BCUT2D eigenvalue weighted by Gasteiger charge is -2.16. The van der Waals surface area contributed by atoms with Gasteiger partial charge in [0.2, 0.25) is 11.8 Å². The number of likely N-dealkylation sites (tertiary alicyclic amines) is 1. The molecule has 1 aromatic rings. The minimum atomic E-state index is -0.213. The topological polar surface area (TPSA) is 49.4 Å². The number of nitrogens with one attached hydrogen (secondary N) is 1. The van der Waals surface area contributed by atoms with Gasteiger partial charge in [0, 0.05) is 28.8 Å². The molecule has 0 spiro atoms. The van der Waals surface area contributed by atoms with Crippen molar-refractivity contribution in [1.82, 2.24) is 4.90 Å². The summed E-state index contributed by atoms with van der Waals surface area (Å²) >= 11 is 2.25. The monoisotopic (exact) mass is 398 g/mol. The number of nitrogens with zero attached hydrogens (tertiary/aromatic N) is 1. The highest BCUT2D eigenvalue weighted by Crippen LogP contribution is 2.32. The molecule has 1 aliphatic heterocycles. The molecule has 1 atom stereocenters. The van der Waals surface area contributed by atoms with E-state index >= 15 is 0 Å². The number of rotatable bonds is 4. The molecular formula is C16H19IN2O2. The Balaban J connectivity index is 1.61. The molecule has 112 valence electrons. The summed E-state index contributed by atoms with van der Waals surface area (Å²) in [6.45, 7) is 3.40. The summed E-state index contributed by atoms with van der Waals surface area (Å²) in [4.78, 5) is 26.2. The summed E-state index contributed by atoms with van der Waals surface area (Å²) in [5.74, 6) is 0.552. The van der Waals surface area contributed by atoms with Crippen LogP contribution in [0.4, 0.5) is 5.69 Å². The molecule has 3 rings (SSSR count). The van der Waals surface area contributed by atoms with Gasteiger partial charge in [-0.15, -0.1) is 0 Å². The predicted octanol–water partition coefficient (Wildman–Crippen LogP) is 2.80. The first-order valence-corrected chi connectivity index (χ1v) is 8.45. The number of anilines is 1. The van der Waals surface area contributed by atoms with Crippen molar-refractivity contribution in [2.75, 3.05) is 18.4 Å². The Bertz CT molecular complexity index is 584. The Morgan fingerprint density at radius 2 is 2.19 bits per heavy atom. The van der Waals surface area contributed by atoms with E-state index in [-0.39, 0.29) is 17.7 Å². The minimum absolute atomic E-state index is 0.0362. The van der Waals surface area contributed by atoms with Crippen LogP contribution in [0.15, 0.2) is 18.2 Å². The molecule has 21 heavy (non-hydrogen) atoms. The van der Waals surface area contributed by atoms with E-state index in [0.29, 0.717) is 18.9 Å². The average molecular weight is 398 g/mol. The largest absolute Gasteiger partial charge is 0.342 e. The summed E-state index contributed by atoms with van der Waals surface area (Å²) in [5, 5.41) is 2.97. The van der Waals surface area contributed by atoms with E-state index in [1.807, 2.05) is 30.0 Å². The maximum atomic E-state index is 12.4. The van der Waals surface area contributed by atoms with Gasteiger partial charge in [0.05, 0.1) is 5.92 Å². The molecule has 0 radical (unpaired) electrons. The first-order chi connectivity index (χ1) is 10.0. The van der Waals surface area contributed by atoms with E-state index in [4.69, 9.17) is 0 Å².